The Labute approximate surface area is 140 Å². The fourth-order valence-electron chi connectivity index (χ4n) is 2.07. The van der Waals surface area contributed by atoms with Gasteiger partial charge in [0.1, 0.15) is 11.5 Å². The SMILES string of the molecule is COc1ccc(-c2cccc(N=C(NC#N)SC)c2)c(OC)c1. The molecule has 0 spiro atoms. The van der Waals surface area contributed by atoms with Gasteiger partial charge in [-0.05, 0) is 36.1 Å². The highest BCUT2D eigenvalue weighted by Crippen LogP contribution is 2.34. The Morgan fingerprint density at radius 2 is 2.00 bits per heavy atom. The molecule has 1 N–H and O–H groups in total. The van der Waals surface area contributed by atoms with Gasteiger partial charge in [-0.2, -0.15) is 5.26 Å². The lowest BCUT2D eigenvalue weighted by atomic mass is 10.0. The van der Waals surface area contributed by atoms with E-state index < -0.39 is 0 Å². The molecule has 0 unspecified atom stereocenters. The number of thioether (sulfide) groups is 1. The summed E-state index contributed by atoms with van der Waals surface area (Å²) in [6, 6.07) is 13.4. The molecule has 2 aromatic rings. The Hall–Kier alpha value is -2.65. The summed E-state index contributed by atoms with van der Waals surface area (Å²) in [5.74, 6) is 1.47. The fourth-order valence-corrected chi connectivity index (χ4v) is 2.41. The first-order valence-corrected chi connectivity index (χ1v) is 8.04. The minimum absolute atomic E-state index is 0.548. The number of nitrogens with zero attached hydrogens (tertiary/aromatic N) is 2. The second-order valence-electron chi connectivity index (χ2n) is 4.47. The summed E-state index contributed by atoms with van der Waals surface area (Å²) in [7, 11) is 3.25. The van der Waals surface area contributed by atoms with Crippen molar-refractivity contribution in [2.75, 3.05) is 20.5 Å². The van der Waals surface area contributed by atoms with Crippen LogP contribution in [-0.2, 0) is 0 Å². The molecule has 0 saturated heterocycles. The van der Waals surface area contributed by atoms with Gasteiger partial charge in [-0.3, -0.25) is 5.32 Å². The van der Waals surface area contributed by atoms with Gasteiger partial charge in [0.15, 0.2) is 11.4 Å². The van der Waals surface area contributed by atoms with Crippen LogP contribution in [0.3, 0.4) is 0 Å². The van der Waals surface area contributed by atoms with E-state index in [1.165, 1.54) is 11.8 Å². The molecule has 0 heterocycles. The highest BCUT2D eigenvalue weighted by atomic mass is 32.2. The lowest BCUT2D eigenvalue weighted by Crippen LogP contribution is -2.12. The van der Waals surface area contributed by atoms with Crippen molar-refractivity contribution in [3.8, 4) is 28.8 Å². The van der Waals surface area contributed by atoms with Crippen LogP contribution < -0.4 is 14.8 Å². The van der Waals surface area contributed by atoms with Gasteiger partial charge in [0.2, 0.25) is 0 Å². The van der Waals surface area contributed by atoms with Gasteiger partial charge in [0.05, 0.1) is 19.9 Å². The molecule has 0 saturated carbocycles. The first-order valence-electron chi connectivity index (χ1n) is 6.82. The van der Waals surface area contributed by atoms with E-state index in [2.05, 4.69) is 10.3 Å². The zero-order valence-electron chi connectivity index (χ0n) is 13.2. The van der Waals surface area contributed by atoms with E-state index in [0.29, 0.717) is 5.17 Å². The van der Waals surface area contributed by atoms with Crippen molar-refractivity contribution < 1.29 is 9.47 Å². The Morgan fingerprint density at radius 1 is 1.17 bits per heavy atom. The zero-order valence-corrected chi connectivity index (χ0v) is 14.0. The lowest BCUT2D eigenvalue weighted by Gasteiger charge is -2.11. The number of hydrogen-bond acceptors (Lipinski definition) is 5. The van der Waals surface area contributed by atoms with Crippen LogP contribution in [0.4, 0.5) is 5.69 Å². The van der Waals surface area contributed by atoms with Crippen LogP contribution in [0.15, 0.2) is 47.5 Å². The number of ether oxygens (including phenoxy) is 2. The Kier molecular flexibility index (Phi) is 5.89. The normalized spacial score (nSPS) is 10.8. The maximum absolute atomic E-state index is 8.71. The van der Waals surface area contributed by atoms with Crippen molar-refractivity contribution in [2.45, 2.75) is 0 Å². The summed E-state index contributed by atoms with van der Waals surface area (Å²) in [5, 5.41) is 11.8. The summed E-state index contributed by atoms with van der Waals surface area (Å²) in [4.78, 5) is 4.42. The van der Waals surface area contributed by atoms with Gasteiger partial charge in [-0.15, -0.1) is 0 Å². The van der Waals surface area contributed by atoms with Crippen LogP contribution >= 0.6 is 11.8 Å². The molecule has 0 atom stereocenters. The van der Waals surface area contributed by atoms with Crippen molar-refractivity contribution in [1.82, 2.24) is 5.32 Å². The molecule has 23 heavy (non-hydrogen) atoms. The molecule has 0 aromatic heterocycles. The van der Waals surface area contributed by atoms with E-state index in [4.69, 9.17) is 14.7 Å². The van der Waals surface area contributed by atoms with Crippen LogP contribution in [0, 0.1) is 11.5 Å². The number of methoxy groups -OCH3 is 2. The molecule has 118 valence electrons. The molecular formula is C17H17N3O2S. The quantitative estimate of drug-likeness (QED) is 0.400. The maximum Gasteiger partial charge on any atom is 0.183 e. The van der Waals surface area contributed by atoms with E-state index in [-0.39, 0.29) is 0 Å². The van der Waals surface area contributed by atoms with Crippen molar-refractivity contribution in [3.05, 3.63) is 42.5 Å². The van der Waals surface area contributed by atoms with Crippen molar-refractivity contribution in [2.24, 2.45) is 4.99 Å². The van der Waals surface area contributed by atoms with Gasteiger partial charge >= 0.3 is 0 Å². The topological polar surface area (TPSA) is 66.6 Å². The average Bonchev–Trinajstić information content (AvgIpc) is 2.61. The number of rotatable bonds is 4. The van der Waals surface area contributed by atoms with E-state index in [1.807, 2.05) is 54.9 Å². The Morgan fingerprint density at radius 3 is 2.65 bits per heavy atom. The zero-order chi connectivity index (χ0) is 16.7. The summed E-state index contributed by atoms with van der Waals surface area (Å²) in [6.07, 6.45) is 3.74. The van der Waals surface area contributed by atoms with Gasteiger partial charge in [0.25, 0.3) is 0 Å². The lowest BCUT2D eigenvalue weighted by molar-refractivity contribution is 0.395. The number of aliphatic imine (C=N–C) groups is 1. The highest BCUT2D eigenvalue weighted by Gasteiger charge is 2.08. The van der Waals surface area contributed by atoms with Crippen molar-refractivity contribution >= 4 is 22.6 Å². The minimum Gasteiger partial charge on any atom is -0.497 e. The largest absolute Gasteiger partial charge is 0.497 e. The van der Waals surface area contributed by atoms with E-state index in [0.717, 1.165) is 28.3 Å². The molecular weight excluding hydrogens is 310 g/mol. The highest BCUT2D eigenvalue weighted by molar-refractivity contribution is 8.13. The summed E-state index contributed by atoms with van der Waals surface area (Å²) >= 11 is 1.38. The predicted octanol–water partition coefficient (Wildman–Crippen LogP) is 3.79. The van der Waals surface area contributed by atoms with Gasteiger partial charge in [-0.25, -0.2) is 4.99 Å². The van der Waals surface area contributed by atoms with Crippen molar-refractivity contribution in [3.63, 3.8) is 0 Å². The predicted molar refractivity (Wildman–Crippen MR) is 94.3 cm³/mol. The fraction of sp³-hybridized carbons (Fsp3) is 0.176. The van der Waals surface area contributed by atoms with Gasteiger partial charge in [0, 0.05) is 11.6 Å². The summed E-state index contributed by atoms with van der Waals surface area (Å²) < 4.78 is 10.7. The molecule has 0 radical (unpaired) electrons. The number of benzene rings is 2. The standard InChI is InChI=1S/C17H17N3O2S/c1-21-14-7-8-15(16(10-14)22-2)12-5-4-6-13(9-12)20-17(23-3)19-11-18/h4-10H,1-3H3,(H,19,20). The molecule has 0 aliphatic heterocycles. The Balaban J connectivity index is 2.42. The summed E-state index contributed by atoms with van der Waals surface area (Å²) in [5.41, 5.74) is 2.68. The van der Waals surface area contributed by atoms with Gasteiger partial charge in [-0.1, -0.05) is 23.9 Å². The molecule has 5 nitrogen and oxygen atoms in total. The van der Waals surface area contributed by atoms with Crippen LogP contribution in [-0.4, -0.2) is 25.6 Å². The average molecular weight is 327 g/mol. The molecule has 0 amide bonds. The smallest absolute Gasteiger partial charge is 0.183 e. The third-order valence-corrected chi connectivity index (χ3v) is 3.73. The maximum atomic E-state index is 8.71. The monoisotopic (exact) mass is 327 g/mol. The van der Waals surface area contributed by atoms with E-state index in [9.17, 15) is 0 Å². The second kappa shape index (κ2) is 8.11. The minimum atomic E-state index is 0.548. The molecule has 6 heteroatoms. The molecule has 0 bridgehead atoms. The first kappa shape index (κ1) is 16.7. The third kappa shape index (κ3) is 4.18. The molecule has 0 aliphatic carbocycles. The van der Waals surface area contributed by atoms with E-state index >= 15 is 0 Å². The molecule has 2 rings (SSSR count). The van der Waals surface area contributed by atoms with Gasteiger partial charge < -0.3 is 9.47 Å². The number of nitrogens with one attached hydrogen (secondary N) is 1. The molecule has 0 aliphatic rings. The summed E-state index contributed by atoms with van der Waals surface area (Å²) in [6.45, 7) is 0. The van der Waals surface area contributed by atoms with Crippen LogP contribution in [0.25, 0.3) is 11.1 Å². The van der Waals surface area contributed by atoms with Crippen LogP contribution in [0.2, 0.25) is 0 Å². The van der Waals surface area contributed by atoms with Crippen LogP contribution in [0.5, 0.6) is 11.5 Å². The van der Waals surface area contributed by atoms with Crippen LogP contribution in [0.1, 0.15) is 0 Å². The van der Waals surface area contributed by atoms with E-state index in [1.54, 1.807) is 14.2 Å². The molecule has 0 fully saturated rings. The number of hydrogen-bond donors (Lipinski definition) is 1. The Bertz CT molecular complexity index is 754. The first-order chi connectivity index (χ1) is 11.2. The third-order valence-electron chi connectivity index (χ3n) is 3.15. The molecule has 2 aromatic carbocycles. The second-order valence-corrected chi connectivity index (χ2v) is 5.27. The van der Waals surface area contributed by atoms with Crippen molar-refractivity contribution in [1.29, 1.82) is 5.26 Å². The number of amidine groups is 1. The number of nitriles is 1.